The van der Waals surface area contributed by atoms with Crippen LogP contribution >= 0.6 is 0 Å². The highest BCUT2D eigenvalue weighted by Gasteiger charge is 2.32. The molecule has 180 valence electrons. The Morgan fingerprint density at radius 3 is 2.57 bits per heavy atom. The first-order valence-electron chi connectivity index (χ1n) is 11.5. The maximum atomic E-state index is 14.2. The van der Waals surface area contributed by atoms with Gasteiger partial charge in [-0.15, -0.1) is 0 Å². The first-order valence-corrected chi connectivity index (χ1v) is 11.5. The van der Waals surface area contributed by atoms with E-state index in [1.165, 1.54) is 0 Å². The molecule has 8 heteroatoms. The highest BCUT2D eigenvalue weighted by Crippen LogP contribution is 2.38. The summed E-state index contributed by atoms with van der Waals surface area (Å²) in [6.07, 6.45) is 0.211. The molecule has 0 aliphatic heterocycles. The molecule has 0 bridgehead atoms. The summed E-state index contributed by atoms with van der Waals surface area (Å²) in [6.45, 7) is 0. The molecule has 1 amide bonds. The van der Waals surface area contributed by atoms with Gasteiger partial charge >= 0.3 is 6.18 Å². The third-order valence-electron chi connectivity index (χ3n) is 6.78. The topological polar surface area (TPSA) is 57.8 Å². The van der Waals surface area contributed by atoms with Gasteiger partial charge in [-0.1, -0.05) is 42.8 Å². The zero-order valence-electron chi connectivity index (χ0n) is 18.7. The van der Waals surface area contributed by atoms with Gasteiger partial charge in [0.15, 0.2) is 0 Å². The van der Waals surface area contributed by atoms with E-state index in [9.17, 15) is 22.4 Å². The van der Waals surface area contributed by atoms with E-state index >= 15 is 0 Å². The first-order chi connectivity index (χ1) is 16.8. The number of aromatic nitrogens is 2. The van der Waals surface area contributed by atoms with E-state index in [1.807, 2.05) is 24.4 Å². The second-order valence-electron chi connectivity index (χ2n) is 9.00. The van der Waals surface area contributed by atoms with Gasteiger partial charge in [0, 0.05) is 11.3 Å². The van der Waals surface area contributed by atoms with Crippen molar-refractivity contribution in [1.29, 1.82) is 0 Å². The summed E-state index contributed by atoms with van der Waals surface area (Å²) in [5, 5.41) is 10.6. The normalized spacial score (nSPS) is 18.5. The van der Waals surface area contributed by atoms with Gasteiger partial charge in [-0.25, -0.2) is 4.39 Å². The fourth-order valence-electron chi connectivity index (χ4n) is 4.91. The Morgan fingerprint density at radius 2 is 1.83 bits per heavy atom. The third kappa shape index (κ3) is 4.78. The number of hydrogen-bond acceptors (Lipinski definition) is 2. The summed E-state index contributed by atoms with van der Waals surface area (Å²) >= 11 is 0. The number of amides is 1. The Balaban J connectivity index is 1.28. The van der Waals surface area contributed by atoms with Gasteiger partial charge in [-0.05, 0) is 66.1 Å². The quantitative estimate of drug-likeness (QED) is 0.301. The summed E-state index contributed by atoms with van der Waals surface area (Å²) in [5.74, 6) is -1.62. The largest absolute Gasteiger partial charge is 0.416 e. The number of nitrogens with zero attached hydrogens (tertiary/aromatic N) is 1. The van der Waals surface area contributed by atoms with Crippen molar-refractivity contribution < 1.29 is 22.4 Å². The van der Waals surface area contributed by atoms with Gasteiger partial charge in [-0.3, -0.25) is 9.89 Å². The molecule has 0 saturated heterocycles. The summed E-state index contributed by atoms with van der Waals surface area (Å²) in [4.78, 5) is 12.8. The number of rotatable bonds is 4. The van der Waals surface area contributed by atoms with Crippen LogP contribution in [0.2, 0.25) is 0 Å². The van der Waals surface area contributed by atoms with Crippen LogP contribution < -0.4 is 5.32 Å². The molecule has 1 aliphatic rings. The van der Waals surface area contributed by atoms with Crippen LogP contribution in [0.25, 0.3) is 22.0 Å². The number of fused-ring (bicyclic) bond motifs is 1. The molecule has 4 nitrogen and oxygen atoms in total. The average Bonchev–Trinajstić information content (AvgIpc) is 3.34. The van der Waals surface area contributed by atoms with Crippen LogP contribution in [0.15, 0.2) is 66.9 Å². The van der Waals surface area contributed by atoms with Gasteiger partial charge in [0.25, 0.3) is 0 Å². The Bertz CT molecular complexity index is 1360. The number of carbonyl (C=O) groups excluding carboxylic acids is 1. The maximum Gasteiger partial charge on any atom is 0.416 e. The minimum Gasteiger partial charge on any atom is -0.323 e. The van der Waals surface area contributed by atoms with Crippen LogP contribution in [0.5, 0.6) is 0 Å². The monoisotopic (exact) mass is 481 g/mol. The Labute approximate surface area is 199 Å². The van der Waals surface area contributed by atoms with Crippen LogP contribution in [0.1, 0.15) is 42.7 Å². The molecule has 4 aromatic rings. The van der Waals surface area contributed by atoms with E-state index in [4.69, 9.17) is 0 Å². The fraction of sp³-hybridized carbons (Fsp3) is 0.259. The lowest BCUT2D eigenvalue weighted by molar-refractivity contribution is -0.137. The predicted molar refractivity (Wildman–Crippen MR) is 126 cm³/mol. The fourth-order valence-corrected chi connectivity index (χ4v) is 4.91. The van der Waals surface area contributed by atoms with Crippen molar-refractivity contribution in [3.8, 4) is 11.1 Å². The van der Waals surface area contributed by atoms with E-state index in [0.717, 1.165) is 52.6 Å². The minimum absolute atomic E-state index is 0.177. The molecule has 1 aliphatic carbocycles. The van der Waals surface area contributed by atoms with Crippen LogP contribution in [-0.4, -0.2) is 16.1 Å². The Hall–Kier alpha value is -3.68. The Morgan fingerprint density at radius 1 is 1.03 bits per heavy atom. The summed E-state index contributed by atoms with van der Waals surface area (Å²) in [5.41, 5.74) is 2.94. The molecule has 2 unspecified atom stereocenters. The van der Waals surface area contributed by atoms with Crippen LogP contribution in [-0.2, 0) is 11.0 Å². The van der Waals surface area contributed by atoms with E-state index in [2.05, 4.69) is 39.8 Å². The molecule has 2 N–H and O–H groups in total. The molecule has 0 radical (unpaired) electrons. The Kier molecular flexibility index (Phi) is 6.05. The lowest BCUT2D eigenvalue weighted by Crippen LogP contribution is -2.28. The number of halogens is 4. The highest BCUT2D eigenvalue weighted by molar-refractivity contribution is 5.94. The highest BCUT2D eigenvalue weighted by atomic mass is 19.4. The smallest absolute Gasteiger partial charge is 0.323 e. The number of benzene rings is 3. The molecule has 2 atom stereocenters. The van der Waals surface area contributed by atoms with Gasteiger partial charge in [0.1, 0.15) is 5.82 Å². The third-order valence-corrected chi connectivity index (χ3v) is 6.78. The SMILES string of the molecule is O=C(Nc1ccc(C(F)(F)F)cc1F)C1CCCC(c2ccc(-c3cccc4[nH]ncc34)cc2)C1. The van der Waals surface area contributed by atoms with Crippen molar-refractivity contribution in [2.24, 2.45) is 5.92 Å². The van der Waals surface area contributed by atoms with E-state index < -0.39 is 17.6 Å². The average molecular weight is 481 g/mol. The predicted octanol–water partition coefficient (Wildman–Crippen LogP) is 7.30. The van der Waals surface area contributed by atoms with Crippen molar-refractivity contribution >= 4 is 22.5 Å². The van der Waals surface area contributed by atoms with E-state index in [-0.39, 0.29) is 23.4 Å². The lowest BCUT2D eigenvalue weighted by Gasteiger charge is -2.29. The van der Waals surface area contributed by atoms with Gasteiger partial charge < -0.3 is 5.32 Å². The number of aromatic amines is 1. The number of hydrogen-bond donors (Lipinski definition) is 2. The van der Waals surface area contributed by atoms with Crippen molar-refractivity contribution in [3.63, 3.8) is 0 Å². The molecule has 1 fully saturated rings. The zero-order valence-corrected chi connectivity index (χ0v) is 18.7. The molecular formula is C27H23F4N3O. The molecular weight excluding hydrogens is 458 g/mol. The first kappa shape index (κ1) is 23.1. The molecule has 3 aromatic carbocycles. The molecule has 1 aromatic heterocycles. The van der Waals surface area contributed by atoms with E-state index in [1.54, 1.807) is 0 Å². The molecule has 1 heterocycles. The van der Waals surface area contributed by atoms with Crippen molar-refractivity contribution in [2.75, 3.05) is 5.32 Å². The number of anilines is 1. The molecule has 5 rings (SSSR count). The van der Waals surface area contributed by atoms with Crippen molar-refractivity contribution in [3.05, 3.63) is 83.8 Å². The van der Waals surface area contributed by atoms with Crippen LogP contribution in [0.4, 0.5) is 23.2 Å². The zero-order chi connectivity index (χ0) is 24.6. The van der Waals surface area contributed by atoms with E-state index in [0.29, 0.717) is 18.9 Å². The van der Waals surface area contributed by atoms with Crippen LogP contribution in [0.3, 0.4) is 0 Å². The number of nitrogens with one attached hydrogen (secondary N) is 2. The molecule has 35 heavy (non-hydrogen) atoms. The summed E-state index contributed by atoms with van der Waals surface area (Å²) < 4.78 is 52.5. The summed E-state index contributed by atoms with van der Waals surface area (Å²) in [6, 6.07) is 16.4. The number of H-pyrrole nitrogens is 1. The maximum absolute atomic E-state index is 14.2. The van der Waals surface area contributed by atoms with Crippen molar-refractivity contribution in [1.82, 2.24) is 10.2 Å². The molecule has 1 saturated carbocycles. The minimum atomic E-state index is -4.64. The van der Waals surface area contributed by atoms with Crippen molar-refractivity contribution in [2.45, 2.75) is 37.8 Å². The number of alkyl halides is 3. The van der Waals surface area contributed by atoms with Gasteiger partial charge in [0.05, 0.1) is 23.0 Å². The summed E-state index contributed by atoms with van der Waals surface area (Å²) in [7, 11) is 0. The van der Waals surface area contributed by atoms with Crippen LogP contribution in [0, 0.1) is 11.7 Å². The van der Waals surface area contributed by atoms with Gasteiger partial charge in [0.2, 0.25) is 5.91 Å². The second-order valence-corrected chi connectivity index (χ2v) is 9.00. The lowest BCUT2D eigenvalue weighted by atomic mass is 9.77. The number of carbonyl (C=O) groups is 1. The standard InChI is InChI=1S/C27H23F4N3O/c28-23-14-20(27(29,30)31)11-12-25(23)33-26(35)19-4-1-3-18(13-19)16-7-9-17(10-8-16)21-5-2-6-24-22(21)15-32-34-24/h2,5-12,14-15,18-19H,1,3-4,13H2,(H,32,34)(H,33,35). The molecule has 0 spiro atoms. The van der Waals surface area contributed by atoms with Gasteiger partial charge in [-0.2, -0.15) is 18.3 Å². The second kappa shape index (κ2) is 9.17.